The number of pyridine rings is 2. The molecular weight excluding hydrogens is 381 g/mol. The Labute approximate surface area is 174 Å². The molecule has 1 saturated heterocycles. The van der Waals surface area contributed by atoms with Gasteiger partial charge < -0.3 is 10.2 Å². The molecule has 3 aromatic rings. The van der Waals surface area contributed by atoms with Crippen LogP contribution in [0.2, 0.25) is 0 Å². The van der Waals surface area contributed by atoms with Crippen molar-refractivity contribution in [3.8, 4) is 6.07 Å². The van der Waals surface area contributed by atoms with Gasteiger partial charge in [0.25, 0.3) is 5.91 Å². The predicted molar refractivity (Wildman–Crippen MR) is 113 cm³/mol. The number of rotatable bonds is 3. The first-order valence-corrected chi connectivity index (χ1v) is 9.98. The number of hydrogen-bond acceptors (Lipinski definition) is 5. The topological polar surface area (TPSA) is 81.9 Å². The quantitative estimate of drug-likeness (QED) is 0.693. The van der Waals surface area contributed by atoms with Crippen LogP contribution in [0, 0.1) is 30.0 Å². The van der Waals surface area contributed by atoms with Crippen molar-refractivity contribution >= 4 is 28.3 Å². The molecule has 2 aromatic heterocycles. The van der Waals surface area contributed by atoms with Gasteiger partial charge in [0.05, 0.1) is 16.8 Å². The molecule has 1 fully saturated rings. The van der Waals surface area contributed by atoms with Gasteiger partial charge in [-0.1, -0.05) is 6.92 Å². The Morgan fingerprint density at radius 3 is 2.77 bits per heavy atom. The lowest BCUT2D eigenvalue weighted by Crippen LogP contribution is -2.38. The van der Waals surface area contributed by atoms with Crippen molar-refractivity contribution in [1.29, 1.82) is 5.26 Å². The van der Waals surface area contributed by atoms with E-state index in [-0.39, 0.29) is 11.5 Å². The number of nitriles is 1. The van der Waals surface area contributed by atoms with Gasteiger partial charge in [-0.15, -0.1) is 0 Å². The first-order valence-electron chi connectivity index (χ1n) is 9.98. The molecule has 6 nitrogen and oxygen atoms in total. The number of carbonyl (C=O) groups is 1. The number of halogens is 1. The van der Waals surface area contributed by atoms with Crippen molar-refractivity contribution in [2.75, 3.05) is 18.4 Å². The number of nitrogens with zero attached hydrogens (tertiary/aromatic N) is 4. The van der Waals surface area contributed by atoms with E-state index < -0.39 is 5.82 Å². The van der Waals surface area contributed by atoms with Crippen LogP contribution >= 0.6 is 0 Å². The van der Waals surface area contributed by atoms with Crippen molar-refractivity contribution in [1.82, 2.24) is 14.9 Å². The van der Waals surface area contributed by atoms with Gasteiger partial charge >= 0.3 is 0 Å². The maximum atomic E-state index is 13.8. The van der Waals surface area contributed by atoms with Crippen molar-refractivity contribution in [2.24, 2.45) is 5.92 Å². The van der Waals surface area contributed by atoms with E-state index in [0.29, 0.717) is 47.0 Å². The zero-order valence-corrected chi connectivity index (χ0v) is 16.9. The summed E-state index contributed by atoms with van der Waals surface area (Å²) in [6.07, 6.45) is 3.49. The number of amides is 1. The molecule has 30 heavy (non-hydrogen) atoms. The molecule has 3 heterocycles. The third kappa shape index (κ3) is 3.81. The van der Waals surface area contributed by atoms with Gasteiger partial charge in [0.1, 0.15) is 11.9 Å². The Bertz CT molecular complexity index is 1160. The Kier molecular flexibility index (Phi) is 5.32. The molecule has 0 atom stereocenters. The predicted octanol–water partition coefficient (Wildman–Crippen LogP) is 4.56. The van der Waals surface area contributed by atoms with E-state index in [4.69, 9.17) is 5.26 Å². The molecule has 0 unspecified atom stereocenters. The van der Waals surface area contributed by atoms with Crippen LogP contribution in [-0.2, 0) is 0 Å². The summed E-state index contributed by atoms with van der Waals surface area (Å²) < 4.78 is 13.8. The van der Waals surface area contributed by atoms with E-state index in [0.717, 1.165) is 18.5 Å². The normalized spacial score (nSPS) is 14.5. The Morgan fingerprint density at radius 1 is 1.27 bits per heavy atom. The number of aryl methyl sites for hydroxylation is 1. The minimum absolute atomic E-state index is 0.0646. The molecule has 1 N–H and O–H groups in total. The van der Waals surface area contributed by atoms with E-state index in [1.165, 1.54) is 12.1 Å². The number of likely N-dealkylation sites (tertiary alicyclic amines) is 1. The summed E-state index contributed by atoms with van der Waals surface area (Å²) in [6.45, 7) is 5.49. The number of fused-ring (bicyclic) bond motifs is 1. The van der Waals surface area contributed by atoms with Gasteiger partial charge in [0, 0.05) is 36.1 Å². The Balaban J connectivity index is 1.79. The van der Waals surface area contributed by atoms with E-state index in [9.17, 15) is 9.18 Å². The second-order valence-electron chi connectivity index (χ2n) is 7.78. The van der Waals surface area contributed by atoms with Gasteiger partial charge in [-0.2, -0.15) is 5.26 Å². The van der Waals surface area contributed by atoms with E-state index in [2.05, 4.69) is 22.2 Å². The van der Waals surface area contributed by atoms with Crippen LogP contribution in [0.1, 0.15) is 41.4 Å². The summed E-state index contributed by atoms with van der Waals surface area (Å²) in [5.74, 6) is -0.0715. The van der Waals surface area contributed by atoms with E-state index in [1.807, 2.05) is 30.0 Å². The highest BCUT2D eigenvalue weighted by Crippen LogP contribution is 2.31. The molecule has 7 heteroatoms. The first-order chi connectivity index (χ1) is 14.5. The van der Waals surface area contributed by atoms with E-state index >= 15 is 0 Å². The smallest absolute Gasteiger partial charge is 0.257 e. The maximum Gasteiger partial charge on any atom is 0.257 e. The van der Waals surface area contributed by atoms with Crippen LogP contribution in [0.4, 0.5) is 15.8 Å². The molecule has 1 aliphatic rings. The number of nitrogens with one attached hydrogen (secondary N) is 1. The van der Waals surface area contributed by atoms with Crippen LogP contribution in [0.15, 0.2) is 36.5 Å². The lowest BCUT2D eigenvalue weighted by Gasteiger charge is -2.31. The maximum absolute atomic E-state index is 13.8. The van der Waals surface area contributed by atoms with Crippen molar-refractivity contribution in [3.05, 3.63) is 59.2 Å². The molecule has 0 spiro atoms. The minimum Gasteiger partial charge on any atom is -0.354 e. The van der Waals surface area contributed by atoms with Gasteiger partial charge in [0.15, 0.2) is 5.65 Å². The monoisotopic (exact) mass is 403 g/mol. The van der Waals surface area contributed by atoms with Crippen LogP contribution in [0.3, 0.4) is 0 Å². The summed E-state index contributed by atoms with van der Waals surface area (Å²) in [6, 6.07) is 9.78. The molecule has 0 radical (unpaired) electrons. The first kappa shape index (κ1) is 19.8. The highest BCUT2D eigenvalue weighted by molar-refractivity contribution is 6.07. The zero-order chi connectivity index (χ0) is 21.3. The summed E-state index contributed by atoms with van der Waals surface area (Å²) >= 11 is 0. The fourth-order valence-electron chi connectivity index (χ4n) is 3.68. The standard InChI is InChI=1S/C23H22FN5O/c1-14-7-9-29(10-8-14)23(30)19-13-26-22-18(5-3-15(2)27-22)21(19)28-17-4-6-20(24)16(11-17)12-25/h3-6,11,13-14H,7-10H2,1-2H3,(H,26,27,28). The van der Waals surface area contributed by atoms with Gasteiger partial charge in [-0.25, -0.2) is 14.4 Å². The Hall–Kier alpha value is -3.53. The van der Waals surface area contributed by atoms with Gasteiger partial charge in [-0.05, 0) is 56.0 Å². The molecule has 1 aliphatic heterocycles. The van der Waals surface area contributed by atoms with Crippen molar-refractivity contribution in [2.45, 2.75) is 26.7 Å². The van der Waals surface area contributed by atoms with Crippen LogP contribution < -0.4 is 5.32 Å². The summed E-state index contributed by atoms with van der Waals surface area (Å²) in [5.41, 5.74) is 2.78. The summed E-state index contributed by atoms with van der Waals surface area (Å²) in [7, 11) is 0. The second kappa shape index (κ2) is 8.07. The number of hydrogen-bond donors (Lipinski definition) is 1. The SMILES string of the molecule is Cc1ccc2c(Nc3ccc(F)c(C#N)c3)c(C(=O)N3CCC(C)CC3)cnc2n1. The highest BCUT2D eigenvalue weighted by atomic mass is 19.1. The third-order valence-electron chi connectivity index (χ3n) is 5.53. The zero-order valence-electron chi connectivity index (χ0n) is 16.9. The fourth-order valence-corrected chi connectivity index (χ4v) is 3.68. The van der Waals surface area contributed by atoms with Gasteiger partial charge in [-0.3, -0.25) is 4.79 Å². The number of benzene rings is 1. The van der Waals surface area contributed by atoms with Crippen LogP contribution in [0.25, 0.3) is 11.0 Å². The summed E-state index contributed by atoms with van der Waals surface area (Å²) in [4.78, 5) is 24.0. The number of carbonyl (C=O) groups excluding carboxylic acids is 1. The molecule has 0 saturated carbocycles. The number of aromatic nitrogens is 2. The molecular formula is C23H22FN5O. The van der Waals surface area contributed by atoms with E-state index in [1.54, 1.807) is 12.3 Å². The van der Waals surface area contributed by atoms with Crippen molar-refractivity contribution in [3.63, 3.8) is 0 Å². The average molecular weight is 403 g/mol. The molecule has 1 aromatic carbocycles. The largest absolute Gasteiger partial charge is 0.354 e. The Morgan fingerprint density at radius 2 is 2.03 bits per heavy atom. The second-order valence-corrected chi connectivity index (χ2v) is 7.78. The summed E-state index contributed by atoms with van der Waals surface area (Å²) in [5, 5.41) is 13.1. The lowest BCUT2D eigenvalue weighted by atomic mass is 9.98. The van der Waals surface area contributed by atoms with Gasteiger partial charge in [0.2, 0.25) is 0 Å². The average Bonchev–Trinajstić information content (AvgIpc) is 2.75. The molecule has 1 amide bonds. The van der Waals surface area contributed by atoms with Crippen LogP contribution in [-0.4, -0.2) is 33.9 Å². The molecule has 152 valence electrons. The molecule has 0 aliphatic carbocycles. The fraction of sp³-hybridized carbons (Fsp3) is 0.304. The van der Waals surface area contributed by atoms with Crippen molar-refractivity contribution < 1.29 is 9.18 Å². The molecule has 4 rings (SSSR count). The molecule has 0 bridgehead atoms. The number of anilines is 2. The van der Waals surface area contributed by atoms with Crippen LogP contribution in [0.5, 0.6) is 0 Å². The third-order valence-corrected chi connectivity index (χ3v) is 5.53. The highest BCUT2D eigenvalue weighted by Gasteiger charge is 2.25. The minimum atomic E-state index is -0.585. The lowest BCUT2D eigenvalue weighted by molar-refractivity contribution is 0.0698. The number of piperidine rings is 1.